The van der Waals surface area contributed by atoms with Gasteiger partial charge >= 0.3 is 0 Å². The van der Waals surface area contributed by atoms with Gasteiger partial charge in [0.25, 0.3) is 0 Å². The van der Waals surface area contributed by atoms with Gasteiger partial charge in [0.15, 0.2) is 11.5 Å². The van der Waals surface area contributed by atoms with Crippen LogP contribution in [0.1, 0.15) is 0 Å². The third kappa shape index (κ3) is 3.86. The van der Waals surface area contributed by atoms with Crippen molar-refractivity contribution in [3.8, 4) is 17.2 Å². The van der Waals surface area contributed by atoms with Crippen LogP contribution in [0.3, 0.4) is 0 Å². The summed E-state index contributed by atoms with van der Waals surface area (Å²) >= 11 is 1.25. The van der Waals surface area contributed by atoms with Crippen molar-refractivity contribution in [2.75, 3.05) is 36.9 Å². The Balaban J connectivity index is 1.39. The van der Waals surface area contributed by atoms with Crippen LogP contribution in [0.15, 0.2) is 47.6 Å². The lowest BCUT2D eigenvalue weighted by molar-refractivity contribution is -0.113. The number of tetrazole rings is 1. The van der Waals surface area contributed by atoms with Crippen LogP contribution >= 0.6 is 11.8 Å². The molecule has 0 radical (unpaired) electrons. The number of benzene rings is 2. The van der Waals surface area contributed by atoms with Crippen LogP contribution in [-0.4, -0.2) is 52.8 Å². The number of anilines is 2. The molecule has 1 aliphatic rings. The van der Waals surface area contributed by atoms with E-state index in [1.807, 2.05) is 49.3 Å². The summed E-state index contributed by atoms with van der Waals surface area (Å²) in [5.41, 5.74) is 2.54. The summed E-state index contributed by atoms with van der Waals surface area (Å²) in [6.45, 7) is 0.200. The Hall–Kier alpha value is -3.27. The number of hydrogen-bond acceptors (Lipinski definition) is 8. The van der Waals surface area contributed by atoms with Crippen molar-refractivity contribution in [3.05, 3.63) is 42.5 Å². The molecule has 0 unspecified atom stereocenters. The third-order valence-electron chi connectivity index (χ3n) is 4.04. The molecule has 2 heterocycles. The lowest BCUT2D eigenvalue weighted by Gasteiger charge is -2.13. The molecule has 1 N–H and O–H groups in total. The van der Waals surface area contributed by atoms with E-state index in [-0.39, 0.29) is 18.5 Å². The summed E-state index contributed by atoms with van der Waals surface area (Å²) in [6, 6.07) is 13.1. The molecule has 0 aliphatic carbocycles. The first-order chi connectivity index (χ1) is 13.6. The number of rotatable bonds is 6. The Morgan fingerprint density at radius 1 is 1.18 bits per heavy atom. The SMILES string of the molecule is CN(C)c1ccc(NC(=O)CSc2nnnn2-c2ccc3c(c2)OCO3)cc1. The maximum absolute atomic E-state index is 12.3. The molecule has 144 valence electrons. The molecule has 0 saturated carbocycles. The van der Waals surface area contributed by atoms with E-state index in [1.54, 1.807) is 16.8 Å². The fourth-order valence-corrected chi connectivity index (χ4v) is 3.31. The Bertz CT molecular complexity index is 989. The molecule has 0 atom stereocenters. The predicted molar refractivity (Wildman–Crippen MR) is 105 cm³/mol. The lowest BCUT2D eigenvalue weighted by Crippen LogP contribution is -2.15. The van der Waals surface area contributed by atoms with E-state index >= 15 is 0 Å². The van der Waals surface area contributed by atoms with E-state index in [1.165, 1.54) is 11.8 Å². The summed E-state index contributed by atoms with van der Waals surface area (Å²) in [5.74, 6) is 1.37. The van der Waals surface area contributed by atoms with E-state index in [0.717, 1.165) is 17.1 Å². The van der Waals surface area contributed by atoms with Crippen LogP contribution in [-0.2, 0) is 4.79 Å². The lowest BCUT2D eigenvalue weighted by atomic mass is 10.2. The van der Waals surface area contributed by atoms with Crippen LogP contribution in [0, 0.1) is 0 Å². The highest BCUT2D eigenvalue weighted by molar-refractivity contribution is 7.99. The predicted octanol–water partition coefficient (Wildman–Crippen LogP) is 2.19. The van der Waals surface area contributed by atoms with Crippen molar-refractivity contribution < 1.29 is 14.3 Å². The maximum Gasteiger partial charge on any atom is 0.234 e. The minimum atomic E-state index is -0.136. The average Bonchev–Trinajstić information content (AvgIpc) is 3.35. The van der Waals surface area contributed by atoms with Crippen LogP contribution in [0.2, 0.25) is 0 Å². The highest BCUT2D eigenvalue weighted by Crippen LogP contribution is 2.34. The largest absolute Gasteiger partial charge is 0.454 e. The number of hydrogen-bond donors (Lipinski definition) is 1. The minimum Gasteiger partial charge on any atom is -0.454 e. The molecule has 0 bridgehead atoms. The van der Waals surface area contributed by atoms with Crippen LogP contribution < -0.4 is 19.7 Å². The molecule has 10 heteroatoms. The molecule has 1 aliphatic heterocycles. The zero-order valence-electron chi connectivity index (χ0n) is 15.3. The van der Waals surface area contributed by atoms with Gasteiger partial charge in [-0.25, -0.2) is 0 Å². The number of nitrogens with zero attached hydrogens (tertiary/aromatic N) is 5. The molecule has 0 saturated heterocycles. The first-order valence-corrected chi connectivity index (χ1v) is 9.47. The number of fused-ring (bicyclic) bond motifs is 1. The zero-order chi connectivity index (χ0) is 19.5. The molecule has 4 rings (SSSR count). The number of thioether (sulfide) groups is 1. The fourth-order valence-electron chi connectivity index (χ4n) is 2.62. The van der Waals surface area contributed by atoms with Crippen molar-refractivity contribution >= 4 is 29.0 Å². The molecule has 1 aromatic heterocycles. The van der Waals surface area contributed by atoms with Crippen molar-refractivity contribution in [1.29, 1.82) is 0 Å². The summed E-state index contributed by atoms with van der Waals surface area (Å²) < 4.78 is 12.3. The van der Waals surface area contributed by atoms with Gasteiger partial charge in [-0.1, -0.05) is 11.8 Å². The van der Waals surface area contributed by atoms with E-state index in [2.05, 4.69) is 20.8 Å². The second-order valence-electron chi connectivity index (χ2n) is 6.19. The van der Waals surface area contributed by atoms with Gasteiger partial charge in [-0.3, -0.25) is 4.79 Å². The first-order valence-electron chi connectivity index (χ1n) is 8.48. The van der Waals surface area contributed by atoms with Gasteiger partial charge in [0.05, 0.1) is 11.4 Å². The van der Waals surface area contributed by atoms with Gasteiger partial charge in [-0.05, 0) is 46.8 Å². The maximum atomic E-state index is 12.3. The average molecular weight is 398 g/mol. The number of nitrogens with one attached hydrogen (secondary N) is 1. The summed E-state index contributed by atoms with van der Waals surface area (Å²) in [6.07, 6.45) is 0. The van der Waals surface area contributed by atoms with E-state index in [4.69, 9.17) is 9.47 Å². The van der Waals surface area contributed by atoms with Crippen LogP contribution in [0.5, 0.6) is 11.5 Å². The highest BCUT2D eigenvalue weighted by Gasteiger charge is 2.17. The topological polar surface area (TPSA) is 94.4 Å². The monoisotopic (exact) mass is 398 g/mol. The molecule has 1 amide bonds. The van der Waals surface area contributed by atoms with Gasteiger partial charge in [-0.2, -0.15) is 4.68 Å². The molecular weight excluding hydrogens is 380 g/mol. The van der Waals surface area contributed by atoms with Gasteiger partial charge in [0.2, 0.25) is 17.9 Å². The summed E-state index contributed by atoms with van der Waals surface area (Å²) in [7, 11) is 3.93. The first kappa shape index (κ1) is 18.1. The second kappa shape index (κ2) is 7.77. The van der Waals surface area contributed by atoms with Crippen LogP contribution in [0.25, 0.3) is 5.69 Å². The van der Waals surface area contributed by atoms with Crippen molar-refractivity contribution in [2.45, 2.75) is 5.16 Å². The van der Waals surface area contributed by atoms with Gasteiger partial charge in [0, 0.05) is 31.5 Å². The van der Waals surface area contributed by atoms with Crippen molar-refractivity contribution in [1.82, 2.24) is 20.2 Å². The van der Waals surface area contributed by atoms with E-state index in [9.17, 15) is 4.79 Å². The number of carbonyl (C=O) groups is 1. The molecule has 28 heavy (non-hydrogen) atoms. The van der Waals surface area contributed by atoms with E-state index < -0.39 is 0 Å². The molecule has 0 spiro atoms. The Morgan fingerprint density at radius 2 is 1.96 bits per heavy atom. The summed E-state index contributed by atoms with van der Waals surface area (Å²) in [5, 5.41) is 15.1. The van der Waals surface area contributed by atoms with Gasteiger partial charge in [0.1, 0.15) is 0 Å². The van der Waals surface area contributed by atoms with Crippen molar-refractivity contribution in [3.63, 3.8) is 0 Å². The number of aromatic nitrogens is 4. The number of ether oxygens (including phenoxy) is 2. The number of amides is 1. The second-order valence-corrected chi connectivity index (χ2v) is 7.13. The van der Waals surface area contributed by atoms with Crippen molar-refractivity contribution in [2.24, 2.45) is 0 Å². The fraction of sp³-hybridized carbons (Fsp3) is 0.222. The van der Waals surface area contributed by atoms with Gasteiger partial charge < -0.3 is 19.7 Å². The van der Waals surface area contributed by atoms with Gasteiger partial charge in [-0.15, -0.1) is 5.10 Å². The normalized spacial score (nSPS) is 12.1. The Morgan fingerprint density at radius 3 is 2.75 bits per heavy atom. The zero-order valence-corrected chi connectivity index (χ0v) is 16.1. The molecular formula is C18H18N6O3S. The smallest absolute Gasteiger partial charge is 0.234 e. The molecule has 2 aromatic carbocycles. The summed E-state index contributed by atoms with van der Waals surface area (Å²) in [4.78, 5) is 14.3. The molecule has 0 fully saturated rings. The molecule has 9 nitrogen and oxygen atoms in total. The minimum absolute atomic E-state index is 0.136. The number of carbonyl (C=O) groups excluding carboxylic acids is 1. The quantitative estimate of drug-likeness (QED) is 0.632. The van der Waals surface area contributed by atoms with E-state index in [0.29, 0.717) is 16.7 Å². The standard InChI is InChI=1S/C18H18N6O3S/c1-23(2)13-5-3-12(4-6-13)19-17(25)10-28-18-20-21-22-24(18)14-7-8-15-16(9-14)27-11-26-15/h3-9H,10-11H2,1-2H3,(H,19,25). The Labute approximate surface area is 165 Å². The Kier molecular flexibility index (Phi) is 5.02. The molecule has 3 aromatic rings. The highest BCUT2D eigenvalue weighted by atomic mass is 32.2. The third-order valence-corrected chi connectivity index (χ3v) is 4.96. The van der Waals surface area contributed by atoms with Crippen LogP contribution in [0.4, 0.5) is 11.4 Å².